The number of hydrogen-bond acceptors (Lipinski definition) is 4. The predicted molar refractivity (Wildman–Crippen MR) is 117 cm³/mol. The molecule has 4 rings (SSSR count). The van der Waals surface area contributed by atoms with Crippen LogP contribution >= 0.6 is 0 Å². The molecule has 2 aromatic carbocycles. The molecule has 0 spiro atoms. The van der Waals surface area contributed by atoms with Crippen molar-refractivity contribution in [3.63, 3.8) is 0 Å². The quantitative estimate of drug-likeness (QED) is 0.751. The van der Waals surface area contributed by atoms with Crippen molar-refractivity contribution in [1.29, 1.82) is 0 Å². The molecule has 0 radical (unpaired) electrons. The fourth-order valence-electron chi connectivity index (χ4n) is 4.03. The summed E-state index contributed by atoms with van der Waals surface area (Å²) in [7, 11) is 0. The highest BCUT2D eigenvalue weighted by Gasteiger charge is 2.16. The number of hydrogen-bond donors (Lipinski definition) is 2. The minimum absolute atomic E-state index is 0.0751. The molecule has 2 N–H and O–H groups in total. The van der Waals surface area contributed by atoms with Crippen molar-refractivity contribution in [2.24, 2.45) is 10.2 Å². The minimum Gasteiger partial charge on any atom is -0.273 e. The first-order chi connectivity index (χ1) is 14.7. The number of hydrazone groups is 2. The van der Waals surface area contributed by atoms with Gasteiger partial charge in [-0.05, 0) is 49.7 Å². The van der Waals surface area contributed by atoms with Crippen LogP contribution in [0, 0.1) is 0 Å². The molecule has 0 aliphatic heterocycles. The van der Waals surface area contributed by atoms with Crippen molar-refractivity contribution in [3.8, 4) is 0 Å². The molecule has 0 saturated heterocycles. The Labute approximate surface area is 176 Å². The van der Waals surface area contributed by atoms with Gasteiger partial charge in [0.2, 0.25) is 11.8 Å². The molecular weight excluding hydrogens is 376 g/mol. The molecule has 0 unspecified atom stereocenters. The van der Waals surface area contributed by atoms with Gasteiger partial charge in [-0.1, -0.05) is 48.5 Å². The zero-order valence-electron chi connectivity index (χ0n) is 17.0. The van der Waals surface area contributed by atoms with E-state index in [1.807, 2.05) is 36.4 Å². The highest BCUT2D eigenvalue weighted by atomic mass is 16.2. The van der Waals surface area contributed by atoms with E-state index in [1.54, 1.807) is 0 Å². The fraction of sp³-hybridized carbons (Fsp3) is 0.333. The van der Waals surface area contributed by atoms with Crippen molar-refractivity contribution in [1.82, 2.24) is 10.9 Å². The molecule has 0 saturated carbocycles. The highest BCUT2D eigenvalue weighted by molar-refractivity contribution is 6.04. The second kappa shape index (κ2) is 9.48. The van der Waals surface area contributed by atoms with Gasteiger partial charge in [0.15, 0.2) is 0 Å². The van der Waals surface area contributed by atoms with Crippen LogP contribution < -0.4 is 10.9 Å². The summed E-state index contributed by atoms with van der Waals surface area (Å²) in [6.07, 6.45) is 5.96. The first-order valence-electron chi connectivity index (χ1n) is 10.6. The van der Waals surface area contributed by atoms with Gasteiger partial charge < -0.3 is 0 Å². The zero-order valence-corrected chi connectivity index (χ0v) is 17.0. The van der Waals surface area contributed by atoms with Gasteiger partial charge in [-0.15, -0.1) is 0 Å². The Morgan fingerprint density at radius 1 is 0.667 bits per heavy atom. The van der Waals surface area contributed by atoms with Gasteiger partial charge in [-0.25, -0.2) is 10.9 Å². The average Bonchev–Trinajstić information content (AvgIpc) is 2.80. The first-order valence-corrected chi connectivity index (χ1v) is 10.6. The standard InChI is InChI=1S/C24H26N4O2/c29-23(27-25-21-13-5-9-17-7-1-3-11-19(17)21)15-16-24(30)28-26-22-14-6-10-18-8-2-4-12-20(18)22/h1-4,7-8,11-12H,5-6,9-10,13-16H2,(H,27,29)(H,28,30). The van der Waals surface area contributed by atoms with Crippen LogP contribution in [0.1, 0.15) is 60.8 Å². The Morgan fingerprint density at radius 2 is 1.10 bits per heavy atom. The Balaban J connectivity index is 1.28. The number of carbonyl (C=O) groups is 2. The lowest BCUT2D eigenvalue weighted by molar-refractivity contribution is -0.126. The molecule has 2 aliphatic carbocycles. The number of benzene rings is 2. The molecule has 6 nitrogen and oxygen atoms in total. The Morgan fingerprint density at radius 3 is 1.57 bits per heavy atom. The fourth-order valence-corrected chi connectivity index (χ4v) is 4.03. The summed E-state index contributed by atoms with van der Waals surface area (Å²) in [5.41, 5.74) is 11.7. The van der Waals surface area contributed by atoms with E-state index in [1.165, 1.54) is 11.1 Å². The molecule has 30 heavy (non-hydrogen) atoms. The Hall–Kier alpha value is -3.28. The topological polar surface area (TPSA) is 82.9 Å². The lowest BCUT2D eigenvalue weighted by atomic mass is 9.90. The van der Waals surface area contributed by atoms with E-state index >= 15 is 0 Å². The number of nitrogens with zero attached hydrogens (tertiary/aromatic N) is 2. The lowest BCUT2D eigenvalue weighted by Gasteiger charge is -2.17. The number of aryl methyl sites for hydroxylation is 2. The third kappa shape index (κ3) is 4.82. The zero-order chi connectivity index (χ0) is 20.8. The molecule has 2 aromatic rings. The maximum absolute atomic E-state index is 12.1. The van der Waals surface area contributed by atoms with Gasteiger partial charge >= 0.3 is 0 Å². The number of fused-ring (bicyclic) bond motifs is 2. The van der Waals surface area contributed by atoms with Crippen LogP contribution in [-0.4, -0.2) is 23.2 Å². The maximum atomic E-state index is 12.1. The maximum Gasteiger partial charge on any atom is 0.240 e. The molecular formula is C24H26N4O2. The van der Waals surface area contributed by atoms with Crippen LogP contribution in [0.15, 0.2) is 58.7 Å². The second-order valence-corrected chi connectivity index (χ2v) is 7.71. The van der Waals surface area contributed by atoms with E-state index in [9.17, 15) is 9.59 Å². The van der Waals surface area contributed by atoms with Gasteiger partial charge in [0.25, 0.3) is 0 Å². The van der Waals surface area contributed by atoms with E-state index < -0.39 is 0 Å². The van der Waals surface area contributed by atoms with Crippen molar-refractivity contribution >= 4 is 23.2 Å². The molecule has 6 heteroatoms. The number of rotatable bonds is 5. The summed E-state index contributed by atoms with van der Waals surface area (Å²) in [5.74, 6) is -0.535. The average molecular weight is 402 g/mol. The number of amides is 2. The third-order valence-corrected chi connectivity index (χ3v) is 5.59. The molecule has 2 aliphatic rings. The van der Waals surface area contributed by atoms with Crippen LogP contribution in [0.25, 0.3) is 0 Å². The monoisotopic (exact) mass is 402 g/mol. The molecule has 0 bridgehead atoms. The summed E-state index contributed by atoms with van der Waals surface area (Å²) in [6, 6.07) is 16.3. The largest absolute Gasteiger partial charge is 0.273 e. The minimum atomic E-state index is -0.267. The van der Waals surface area contributed by atoms with Crippen LogP contribution in [0.2, 0.25) is 0 Å². The van der Waals surface area contributed by atoms with E-state index in [2.05, 4.69) is 33.2 Å². The second-order valence-electron chi connectivity index (χ2n) is 7.71. The van der Waals surface area contributed by atoms with Gasteiger partial charge in [-0.3, -0.25) is 9.59 Å². The van der Waals surface area contributed by atoms with Crippen LogP contribution in [0.4, 0.5) is 0 Å². The predicted octanol–water partition coefficient (Wildman–Crippen LogP) is 3.48. The normalized spacial score (nSPS) is 17.9. The lowest BCUT2D eigenvalue weighted by Crippen LogP contribution is -2.25. The van der Waals surface area contributed by atoms with Gasteiger partial charge in [0.05, 0.1) is 11.4 Å². The van der Waals surface area contributed by atoms with Crippen LogP contribution in [0.5, 0.6) is 0 Å². The molecule has 0 fully saturated rings. The summed E-state index contributed by atoms with van der Waals surface area (Å²) in [5, 5.41) is 8.61. The SMILES string of the molecule is O=C(CCC(=O)NN=C1CCCc2ccccc21)NN=C1CCCc2ccccc21. The van der Waals surface area contributed by atoms with Crippen molar-refractivity contribution < 1.29 is 9.59 Å². The number of nitrogens with one attached hydrogen (secondary N) is 2. The summed E-state index contributed by atoms with van der Waals surface area (Å²) in [6.45, 7) is 0. The van der Waals surface area contributed by atoms with Crippen molar-refractivity contribution in [2.45, 2.75) is 51.4 Å². The first kappa shape index (κ1) is 20.0. The molecule has 2 amide bonds. The number of carbonyl (C=O) groups excluding carboxylic acids is 2. The van der Waals surface area contributed by atoms with Gasteiger partial charge in [-0.2, -0.15) is 10.2 Å². The highest BCUT2D eigenvalue weighted by Crippen LogP contribution is 2.22. The van der Waals surface area contributed by atoms with E-state index in [4.69, 9.17) is 0 Å². The molecule has 154 valence electrons. The third-order valence-electron chi connectivity index (χ3n) is 5.59. The molecule has 0 aromatic heterocycles. The van der Waals surface area contributed by atoms with Crippen LogP contribution in [0.3, 0.4) is 0 Å². The smallest absolute Gasteiger partial charge is 0.240 e. The van der Waals surface area contributed by atoms with Crippen molar-refractivity contribution in [2.75, 3.05) is 0 Å². The van der Waals surface area contributed by atoms with E-state index in [0.29, 0.717) is 0 Å². The van der Waals surface area contributed by atoms with Gasteiger partial charge in [0.1, 0.15) is 0 Å². The summed E-state index contributed by atoms with van der Waals surface area (Å²) in [4.78, 5) is 24.3. The van der Waals surface area contributed by atoms with Gasteiger partial charge in [0, 0.05) is 24.0 Å². The summed E-state index contributed by atoms with van der Waals surface area (Å²) < 4.78 is 0. The van der Waals surface area contributed by atoms with E-state index in [0.717, 1.165) is 61.1 Å². The molecule has 0 heterocycles. The Kier molecular flexibility index (Phi) is 6.32. The summed E-state index contributed by atoms with van der Waals surface area (Å²) >= 11 is 0. The van der Waals surface area contributed by atoms with E-state index in [-0.39, 0.29) is 24.7 Å². The van der Waals surface area contributed by atoms with Crippen LogP contribution in [-0.2, 0) is 22.4 Å². The Bertz CT molecular complexity index is 928. The molecule has 0 atom stereocenters. The van der Waals surface area contributed by atoms with Crippen molar-refractivity contribution in [3.05, 3.63) is 70.8 Å².